The van der Waals surface area contributed by atoms with Crippen molar-refractivity contribution in [3.8, 4) is 0 Å². The van der Waals surface area contributed by atoms with Crippen molar-refractivity contribution in [2.24, 2.45) is 0 Å². The fourth-order valence-electron chi connectivity index (χ4n) is 2.15. The summed E-state index contributed by atoms with van der Waals surface area (Å²) in [6.07, 6.45) is 2.76. The molecule has 1 N–H and O–H groups in total. The van der Waals surface area contributed by atoms with Gasteiger partial charge in [0.1, 0.15) is 5.82 Å². The lowest BCUT2D eigenvalue weighted by molar-refractivity contribution is -0.142. The lowest BCUT2D eigenvalue weighted by atomic mass is 10.3. The van der Waals surface area contributed by atoms with Crippen molar-refractivity contribution in [3.05, 3.63) is 23.3 Å². The Labute approximate surface area is 161 Å². The zero-order valence-corrected chi connectivity index (χ0v) is 17.0. The number of amides is 1. The molecule has 2 atom stereocenters. The summed E-state index contributed by atoms with van der Waals surface area (Å²) in [7, 11) is 0. The Balaban J connectivity index is 1.92. The molecule has 0 radical (unpaired) electrons. The molecular formula is C17H24N4O3S2. The minimum Gasteiger partial charge on any atom is -0.466 e. The smallest absolute Gasteiger partial charge is 0.311 e. The first-order valence-electron chi connectivity index (χ1n) is 8.55. The molecular weight excluding hydrogens is 372 g/mol. The number of hydrogen-bond donors (Lipinski definition) is 1. The van der Waals surface area contributed by atoms with Crippen molar-refractivity contribution in [2.75, 3.05) is 11.9 Å². The van der Waals surface area contributed by atoms with Crippen molar-refractivity contribution in [3.63, 3.8) is 0 Å². The molecule has 26 heavy (non-hydrogen) atoms. The first kappa shape index (κ1) is 20.4. The predicted molar refractivity (Wildman–Crippen MR) is 104 cm³/mol. The third-order valence-corrected chi connectivity index (χ3v) is 5.86. The average molecular weight is 397 g/mol. The van der Waals surface area contributed by atoms with E-state index in [4.69, 9.17) is 4.74 Å². The molecule has 0 saturated carbocycles. The summed E-state index contributed by atoms with van der Waals surface area (Å²) in [5, 5.41) is 8.69. The minimum absolute atomic E-state index is 0.109. The molecule has 0 bridgehead atoms. The largest absolute Gasteiger partial charge is 0.466 e. The molecule has 0 aromatic carbocycles. The van der Waals surface area contributed by atoms with Gasteiger partial charge >= 0.3 is 5.97 Å². The second kappa shape index (κ2) is 9.72. The van der Waals surface area contributed by atoms with Crippen LogP contribution in [-0.4, -0.2) is 38.5 Å². The van der Waals surface area contributed by atoms with Gasteiger partial charge in [-0.25, -0.2) is 9.67 Å². The summed E-state index contributed by atoms with van der Waals surface area (Å²) in [6, 6.07) is 2.01. The molecule has 0 aliphatic heterocycles. The van der Waals surface area contributed by atoms with E-state index in [1.807, 2.05) is 17.0 Å². The first-order valence-corrected chi connectivity index (χ1v) is 10.3. The number of anilines is 1. The van der Waals surface area contributed by atoms with Crippen LogP contribution >= 0.6 is 23.1 Å². The van der Waals surface area contributed by atoms with Gasteiger partial charge in [0.05, 0.1) is 36.2 Å². The van der Waals surface area contributed by atoms with E-state index in [2.05, 4.69) is 29.2 Å². The summed E-state index contributed by atoms with van der Waals surface area (Å²) >= 11 is 2.79. The zero-order chi connectivity index (χ0) is 19.1. The number of ether oxygens (including phenoxy) is 1. The van der Waals surface area contributed by atoms with Gasteiger partial charge in [0.15, 0.2) is 4.34 Å². The van der Waals surface area contributed by atoms with Crippen LogP contribution in [0.2, 0.25) is 0 Å². The maximum atomic E-state index is 12.5. The van der Waals surface area contributed by atoms with E-state index in [1.54, 1.807) is 19.2 Å². The van der Waals surface area contributed by atoms with Gasteiger partial charge in [0.2, 0.25) is 5.91 Å². The van der Waals surface area contributed by atoms with Crippen LogP contribution in [0.25, 0.3) is 0 Å². The standard InChI is InChI=1S/C17H24N4O3S2/c1-5-11(3)21-14(7-8-18-21)20-16(23)12(4)26-17-19-13(10-25-17)9-15(22)24-6-2/h7-8,10-12H,5-6,9H2,1-4H3,(H,20,23)/t11-,12+/m1/s1. The third kappa shape index (κ3) is 5.57. The average Bonchev–Trinajstić information content (AvgIpc) is 3.23. The summed E-state index contributed by atoms with van der Waals surface area (Å²) < 4.78 is 7.49. The highest BCUT2D eigenvalue weighted by molar-refractivity contribution is 8.02. The van der Waals surface area contributed by atoms with E-state index in [0.29, 0.717) is 18.1 Å². The number of thiazole rings is 1. The summed E-state index contributed by atoms with van der Waals surface area (Å²) in [5.41, 5.74) is 0.665. The molecule has 0 aliphatic carbocycles. The normalized spacial score (nSPS) is 13.2. The van der Waals surface area contributed by atoms with Crippen molar-refractivity contribution in [1.29, 1.82) is 0 Å². The lowest BCUT2D eigenvalue weighted by Gasteiger charge is -2.15. The highest BCUT2D eigenvalue weighted by Crippen LogP contribution is 2.28. The van der Waals surface area contributed by atoms with E-state index < -0.39 is 0 Å². The number of carbonyl (C=O) groups is 2. The quantitative estimate of drug-likeness (QED) is 0.515. The van der Waals surface area contributed by atoms with Crippen molar-refractivity contribution < 1.29 is 14.3 Å². The van der Waals surface area contributed by atoms with Gasteiger partial charge in [-0.05, 0) is 27.2 Å². The van der Waals surface area contributed by atoms with E-state index in [1.165, 1.54) is 23.1 Å². The maximum Gasteiger partial charge on any atom is 0.311 e. The molecule has 2 aromatic rings. The molecule has 0 fully saturated rings. The van der Waals surface area contributed by atoms with E-state index in [0.717, 1.165) is 10.8 Å². The Morgan fingerprint density at radius 2 is 2.15 bits per heavy atom. The molecule has 0 spiro atoms. The van der Waals surface area contributed by atoms with Crippen molar-refractivity contribution in [2.45, 2.75) is 56.2 Å². The van der Waals surface area contributed by atoms with Crippen LogP contribution in [0.15, 0.2) is 22.0 Å². The Morgan fingerprint density at radius 3 is 2.85 bits per heavy atom. The number of nitrogens with zero attached hydrogens (tertiary/aromatic N) is 3. The summed E-state index contributed by atoms with van der Waals surface area (Å²) in [6.45, 7) is 8.09. The maximum absolute atomic E-state index is 12.5. The predicted octanol–water partition coefficient (Wildman–Crippen LogP) is 3.54. The molecule has 0 aliphatic rings. The second-order valence-corrected chi connectivity index (χ2v) is 8.20. The Kier molecular flexibility index (Phi) is 7.65. The van der Waals surface area contributed by atoms with Crippen LogP contribution in [-0.2, 0) is 20.7 Å². The number of hydrogen-bond acceptors (Lipinski definition) is 7. The fraction of sp³-hybridized carbons (Fsp3) is 0.529. The van der Waals surface area contributed by atoms with Crippen LogP contribution in [0, 0.1) is 0 Å². The van der Waals surface area contributed by atoms with Crippen LogP contribution in [0.1, 0.15) is 45.9 Å². The molecule has 0 unspecified atom stereocenters. The highest BCUT2D eigenvalue weighted by atomic mass is 32.2. The van der Waals surface area contributed by atoms with Crippen LogP contribution < -0.4 is 5.32 Å². The molecule has 2 heterocycles. The summed E-state index contributed by atoms with van der Waals surface area (Å²) in [4.78, 5) is 28.4. The SMILES string of the molecule is CCOC(=O)Cc1csc(S[C@@H](C)C(=O)Nc2ccnn2[C@H](C)CC)n1. The van der Waals surface area contributed by atoms with Gasteiger partial charge in [-0.15, -0.1) is 11.3 Å². The Hall–Kier alpha value is -1.87. The molecule has 1 amide bonds. The Bertz CT molecular complexity index is 744. The van der Waals surface area contributed by atoms with Gasteiger partial charge in [-0.1, -0.05) is 18.7 Å². The van der Waals surface area contributed by atoms with Crippen LogP contribution in [0.5, 0.6) is 0 Å². The molecule has 7 nitrogen and oxygen atoms in total. The number of aromatic nitrogens is 3. The van der Waals surface area contributed by atoms with Gasteiger partial charge < -0.3 is 10.1 Å². The van der Waals surface area contributed by atoms with Gasteiger partial charge in [-0.2, -0.15) is 5.10 Å². The van der Waals surface area contributed by atoms with Crippen molar-refractivity contribution in [1.82, 2.24) is 14.8 Å². The van der Waals surface area contributed by atoms with Gasteiger partial charge in [0, 0.05) is 11.4 Å². The molecule has 0 saturated heterocycles. The summed E-state index contributed by atoms with van der Waals surface area (Å²) in [5.74, 6) is 0.291. The molecule has 9 heteroatoms. The fourth-order valence-corrected chi connectivity index (χ4v) is 4.13. The van der Waals surface area contributed by atoms with Crippen LogP contribution in [0.4, 0.5) is 5.82 Å². The van der Waals surface area contributed by atoms with E-state index >= 15 is 0 Å². The number of esters is 1. The third-order valence-electron chi connectivity index (χ3n) is 3.74. The van der Waals surface area contributed by atoms with Gasteiger partial charge in [0.25, 0.3) is 0 Å². The number of carbonyl (C=O) groups excluding carboxylic acids is 2. The van der Waals surface area contributed by atoms with Crippen LogP contribution in [0.3, 0.4) is 0 Å². The van der Waals surface area contributed by atoms with E-state index in [-0.39, 0.29) is 29.6 Å². The molecule has 2 aromatic heterocycles. The second-order valence-electron chi connectivity index (χ2n) is 5.75. The van der Waals surface area contributed by atoms with Gasteiger partial charge in [-0.3, -0.25) is 9.59 Å². The Morgan fingerprint density at radius 1 is 1.38 bits per heavy atom. The molecule has 142 valence electrons. The zero-order valence-electron chi connectivity index (χ0n) is 15.4. The van der Waals surface area contributed by atoms with Crippen molar-refractivity contribution >= 4 is 40.8 Å². The number of nitrogens with one attached hydrogen (secondary N) is 1. The molecule has 2 rings (SSSR count). The topological polar surface area (TPSA) is 86.1 Å². The minimum atomic E-state index is -0.322. The first-order chi connectivity index (χ1) is 12.4. The van der Waals surface area contributed by atoms with E-state index in [9.17, 15) is 9.59 Å². The highest BCUT2D eigenvalue weighted by Gasteiger charge is 2.19. The monoisotopic (exact) mass is 396 g/mol. The number of thioether (sulfide) groups is 1. The lowest BCUT2D eigenvalue weighted by Crippen LogP contribution is -2.24. The number of rotatable bonds is 9.